The number of pyridine rings is 1. The average Bonchev–Trinajstić information content (AvgIpc) is 2.92. The first-order chi connectivity index (χ1) is 11.3. The Morgan fingerprint density at radius 3 is 2.54 bits per heavy atom. The summed E-state index contributed by atoms with van der Waals surface area (Å²) in [6.45, 7) is 6.06. The minimum atomic E-state index is -0.258. The fourth-order valence-corrected chi connectivity index (χ4v) is 2.52. The molecule has 2 heterocycles. The molecule has 2 aromatic rings. The summed E-state index contributed by atoms with van der Waals surface area (Å²) >= 11 is 0. The number of anilines is 2. The van der Waals surface area contributed by atoms with E-state index in [0.717, 1.165) is 17.1 Å². The number of amides is 2. The van der Waals surface area contributed by atoms with Gasteiger partial charge in [-0.15, -0.1) is 0 Å². The monoisotopic (exact) mass is 330 g/mol. The van der Waals surface area contributed by atoms with Crippen molar-refractivity contribution >= 4 is 17.5 Å². The lowest BCUT2D eigenvalue weighted by Crippen LogP contribution is -2.35. The average molecular weight is 330 g/mol. The quantitative estimate of drug-likeness (QED) is 0.884. The molecule has 0 aliphatic rings. The summed E-state index contributed by atoms with van der Waals surface area (Å²) < 4.78 is 1.73. The van der Waals surface area contributed by atoms with Gasteiger partial charge in [0.1, 0.15) is 0 Å². The second kappa shape index (κ2) is 7.33. The van der Waals surface area contributed by atoms with E-state index in [4.69, 9.17) is 0 Å². The maximum atomic E-state index is 12.5. The van der Waals surface area contributed by atoms with E-state index in [-0.39, 0.29) is 18.0 Å². The number of rotatable bonds is 5. The van der Waals surface area contributed by atoms with Gasteiger partial charge in [-0.3, -0.25) is 4.68 Å². The molecular formula is C17H26N6O. The Balaban J connectivity index is 2.15. The van der Waals surface area contributed by atoms with Gasteiger partial charge in [0.15, 0.2) is 5.82 Å². The number of nitrogens with zero attached hydrogens (tertiary/aromatic N) is 4. The summed E-state index contributed by atoms with van der Waals surface area (Å²) in [7, 11) is 5.66. The molecule has 0 fully saturated rings. The van der Waals surface area contributed by atoms with E-state index >= 15 is 0 Å². The van der Waals surface area contributed by atoms with Crippen molar-refractivity contribution in [3.63, 3.8) is 0 Å². The molecule has 130 valence electrons. The molecule has 7 nitrogen and oxygen atoms in total. The number of aromatic nitrogens is 3. The molecule has 0 aliphatic heterocycles. The Morgan fingerprint density at radius 2 is 2.00 bits per heavy atom. The second-order valence-corrected chi connectivity index (χ2v) is 6.49. The van der Waals surface area contributed by atoms with Gasteiger partial charge >= 0.3 is 6.03 Å². The molecule has 0 bridgehead atoms. The first kappa shape index (κ1) is 17.8. The number of aryl methyl sites for hydroxylation is 2. The van der Waals surface area contributed by atoms with Crippen LogP contribution in [-0.2, 0) is 7.05 Å². The Labute approximate surface area is 143 Å². The number of urea groups is 1. The topological polar surface area (TPSA) is 75.1 Å². The van der Waals surface area contributed by atoms with Crippen LogP contribution in [0.4, 0.5) is 16.3 Å². The van der Waals surface area contributed by atoms with Crippen molar-refractivity contribution in [2.75, 3.05) is 24.3 Å². The minimum Gasteiger partial charge on any atom is -0.361 e. The van der Waals surface area contributed by atoms with E-state index in [1.165, 1.54) is 0 Å². The maximum absolute atomic E-state index is 12.5. The van der Waals surface area contributed by atoms with Gasteiger partial charge in [-0.1, -0.05) is 13.8 Å². The van der Waals surface area contributed by atoms with Crippen LogP contribution >= 0.6 is 0 Å². The predicted octanol–water partition coefficient (Wildman–Crippen LogP) is 2.71. The normalized spacial score (nSPS) is 12.1. The van der Waals surface area contributed by atoms with E-state index in [1.807, 2.05) is 51.3 Å². The molecule has 2 N–H and O–H groups in total. The number of carbonyl (C=O) groups excluding carboxylic acids is 1. The molecule has 7 heteroatoms. The minimum absolute atomic E-state index is 0.111. The van der Waals surface area contributed by atoms with Crippen molar-refractivity contribution in [1.82, 2.24) is 20.1 Å². The van der Waals surface area contributed by atoms with E-state index in [2.05, 4.69) is 34.6 Å². The highest BCUT2D eigenvalue weighted by molar-refractivity contribution is 5.92. The van der Waals surface area contributed by atoms with Gasteiger partial charge in [-0.05, 0) is 25.0 Å². The second-order valence-electron chi connectivity index (χ2n) is 6.49. The first-order valence-corrected chi connectivity index (χ1v) is 7.99. The van der Waals surface area contributed by atoms with Crippen molar-refractivity contribution in [2.24, 2.45) is 13.0 Å². The summed E-state index contributed by atoms with van der Waals surface area (Å²) in [5.74, 6) is 0.969. The predicted molar refractivity (Wildman–Crippen MR) is 96.2 cm³/mol. The highest BCUT2D eigenvalue weighted by atomic mass is 16.2. The lowest BCUT2D eigenvalue weighted by atomic mass is 9.99. The SMILES string of the molecule is Cc1ccc(NC(=O)NC(c2cnn(C)c2)C(C)C)c(N(C)C)n1. The number of carbonyl (C=O) groups is 1. The standard InChI is InChI=1S/C17H26N6O/c1-11(2)15(13-9-18-23(6)10-13)21-17(24)20-14-8-7-12(3)19-16(14)22(4)5/h7-11,15H,1-6H3,(H2,20,21,24). The van der Waals surface area contributed by atoms with Crippen LogP contribution in [-0.4, -0.2) is 34.9 Å². The van der Waals surface area contributed by atoms with Gasteiger partial charge < -0.3 is 15.5 Å². The highest BCUT2D eigenvalue weighted by Crippen LogP contribution is 2.24. The molecule has 0 radical (unpaired) electrons. The van der Waals surface area contributed by atoms with Crippen molar-refractivity contribution in [2.45, 2.75) is 26.8 Å². The Hall–Kier alpha value is -2.57. The third kappa shape index (κ3) is 4.24. The summed E-state index contributed by atoms with van der Waals surface area (Å²) in [5.41, 5.74) is 2.56. The van der Waals surface area contributed by atoms with Crippen LogP contribution < -0.4 is 15.5 Å². The molecule has 0 spiro atoms. The van der Waals surface area contributed by atoms with Crippen LogP contribution in [0.1, 0.15) is 31.1 Å². The molecule has 1 unspecified atom stereocenters. The molecule has 1 atom stereocenters. The van der Waals surface area contributed by atoms with Crippen LogP contribution in [0.2, 0.25) is 0 Å². The Morgan fingerprint density at radius 1 is 1.29 bits per heavy atom. The summed E-state index contributed by atoms with van der Waals surface area (Å²) in [5, 5.41) is 10.1. The molecule has 0 aromatic carbocycles. The van der Waals surface area contributed by atoms with Gasteiger partial charge in [0.2, 0.25) is 0 Å². The van der Waals surface area contributed by atoms with Gasteiger partial charge in [0.05, 0.1) is 17.9 Å². The van der Waals surface area contributed by atoms with E-state index in [9.17, 15) is 4.79 Å². The lowest BCUT2D eigenvalue weighted by molar-refractivity contribution is 0.244. The lowest BCUT2D eigenvalue weighted by Gasteiger charge is -2.23. The third-order valence-electron chi connectivity index (χ3n) is 3.72. The smallest absolute Gasteiger partial charge is 0.319 e. The maximum Gasteiger partial charge on any atom is 0.319 e. The summed E-state index contributed by atoms with van der Waals surface area (Å²) in [6, 6.07) is 3.38. The number of hydrogen-bond acceptors (Lipinski definition) is 4. The van der Waals surface area contributed by atoms with Crippen molar-refractivity contribution in [3.05, 3.63) is 35.8 Å². The third-order valence-corrected chi connectivity index (χ3v) is 3.72. The zero-order valence-corrected chi connectivity index (χ0v) is 15.2. The molecule has 0 aliphatic carbocycles. The zero-order chi connectivity index (χ0) is 17.9. The fraction of sp³-hybridized carbons (Fsp3) is 0.471. The van der Waals surface area contributed by atoms with Crippen LogP contribution in [0.25, 0.3) is 0 Å². The highest BCUT2D eigenvalue weighted by Gasteiger charge is 2.20. The number of nitrogens with one attached hydrogen (secondary N) is 2. The van der Waals surface area contributed by atoms with Gasteiger partial charge in [-0.2, -0.15) is 5.10 Å². The summed E-state index contributed by atoms with van der Waals surface area (Å²) in [4.78, 5) is 18.8. The molecule has 2 aromatic heterocycles. The largest absolute Gasteiger partial charge is 0.361 e. The van der Waals surface area contributed by atoms with Gasteiger partial charge in [-0.25, -0.2) is 9.78 Å². The fourth-order valence-electron chi connectivity index (χ4n) is 2.52. The molecule has 2 amide bonds. The van der Waals surface area contributed by atoms with Crippen molar-refractivity contribution < 1.29 is 4.79 Å². The van der Waals surface area contributed by atoms with E-state index in [0.29, 0.717) is 5.69 Å². The van der Waals surface area contributed by atoms with Crippen LogP contribution in [0.3, 0.4) is 0 Å². The van der Waals surface area contributed by atoms with Crippen LogP contribution in [0.15, 0.2) is 24.5 Å². The van der Waals surface area contributed by atoms with Crippen LogP contribution in [0, 0.1) is 12.8 Å². The molecule has 0 saturated heterocycles. The molecule has 0 saturated carbocycles. The summed E-state index contributed by atoms with van der Waals surface area (Å²) in [6.07, 6.45) is 3.70. The Kier molecular flexibility index (Phi) is 5.43. The molecule has 24 heavy (non-hydrogen) atoms. The van der Waals surface area contributed by atoms with Gasteiger partial charge in [0, 0.05) is 38.6 Å². The van der Waals surface area contributed by atoms with Crippen molar-refractivity contribution in [3.8, 4) is 0 Å². The molecular weight excluding hydrogens is 304 g/mol. The Bertz CT molecular complexity index is 707. The van der Waals surface area contributed by atoms with Crippen LogP contribution in [0.5, 0.6) is 0 Å². The zero-order valence-electron chi connectivity index (χ0n) is 15.2. The van der Waals surface area contributed by atoms with Gasteiger partial charge in [0.25, 0.3) is 0 Å². The number of hydrogen-bond donors (Lipinski definition) is 2. The van der Waals surface area contributed by atoms with E-state index in [1.54, 1.807) is 10.9 Å². The van der Waals surface area contributed by atoms with E-state index < -0.39 is 0 Å². The first-order valence-electron chi connectivity index (χ1n) is 7.99. The van der Waals surface area contributed by atoms with Crippen molar-refractivity contribution in [1.29, 1.82) is 0 Å². The molecule has 2 rings (SSSR count).